The van der Waals surface area contributed by atoms with Crippen LogP contribution in [0.4, 0.5) is 0 Å². The maximum absolute atomic E-state index is 12.2. The van der Waals surface area contributed by atoms with E-state index in [4.69, 9.17) is 0 Å². The Kier molecular flexibility index (Phi) is 3.82. The van der Waals surface area contributed by atoms with Crippen LogP contribution in [-0.4, -0.2) is 5.78 Å². The molecule has 3 atom stereocenters. The second-order valence-electron chi connectivity index (χ2n) is 5.98. The fraction of sp³-hybridized carbons (Fsp3) is 0.500. The van der Waals surface area contributed by atoms with Gasteiger partial charge in [0.1, 0.15) is 5.78 Å². The Hall–Kier alpha value is -1.37. The highest BCUT2D eigenvalue weighted by Gasteiger charge is 2.34. The molecule has 3 rings (SSSR count). The summed E-state index contributed by atoms with van der Waals surface area (Å²) in [7, 11) is 0. The van der Waals surface area contributed by atoms with Gasteiger partial charge in [0.05, 0.1) is 0 Å². The summed E-state index contributed by atoms with van der Waals surface area (Å²) in [6.07, 6.45) is 11.1. The lowest BCUT2D eigenvalue weighted by molar-refractivity contribution is -0.126. The number of carbonyl (C=O) groups is 1. The number of ketones is 1. The van der Waals surface area contributed by atoms with Crippen molar-refractivity contribution in [1.82, 2.24) is 0 Å². The summed E-state index contributed by atoms with van der Waals surface area (Å²) >= 11 is 0. The molecular weight excluding hydrogens is 232 g/mol. The van der Waals surface area contributed by atoms with Gasteiger partial charge in [0.2, 0.25) is 0 Å². The van der Waals surface area contributed by atoms with Crippen molar-refractivity contribution in [3.05, 3.63) is 48.0 Å². The lowest BCUT2D eigenvalue weighted by atomic mass is 9.70. The Bertz CT molecular complexity index is 460. The van der Waals surface area contributed by atoms with Crippen LogP contribution in [0, 0.1) is 11.8 Å². The lowest BCUT2D eigenvalue weighted by Crippen LogP contribution is -2.30. The Morgan fingerprint density at radius 3 is 2.63 bits per heavy atom. The van der Waals surface area contributed by atoms with E-state index in [1.165, 1.54) is 24.8 Å². The minimum Gasteiger partial charge on any atom is -0.299 e. The molecule has 1 aromatic rings. The van der Waals surface area contributed by atoms with Gasteiger partial charge in [-0.15, -0.1) is 0 Å². The van der Waals surface area contributed by atoms with Crippen LogP contribution in [0.5, 0.6) is 0 Å². The number of carbonyl (C=O) groups excluding carboxylic acids is 1. The van der Waals surface area contributed by atoms with Gasteiger partial charge in [-0.05, 0) is 49.5 Å². The SMILES string of the molecule is O=C1CCC(c2ccccc2)CC1C1C=CCCC1. The average Bonchev–Trinajstić information content (AvgIpc) is 2.49. The van der Waals surface area contributed by atoms with Gasteiger partial charge in [0.15, 0.2) is 0 Å². The molecule has 19 heavy (non-hydrogen) atoms. The number of hydrogen-bond donors (Lipinski definition) is 0. The summed E-state index contributed by atoms with van der Waals surface area (Å²) in [5, 5.41) is 0. The van der Waals surface area contributed by atoms with Gasteiger partial charge in [0, 0.05) is 12.3 Å². The molecule has 1 saturated carbocycles. The average molecular weight is 254 g/mol. The molecule has 0 heterocycles. The number of rotatable bonds is 2. The number of Topliss-reactive ketones (excluding diaryl/α,β-unsaturated/α-hetero) is 1. The molecular formula is C18H22O. The molecule has 0 aromatic heterocycles. The Morgan fingerprint density at radius 2 is 1.89 bits per heavy atom. The van der Waals surface area contributed by atoms with Gasteiger partial charge in [0.25, 0.3) is 0 Å². The predicted octanol–water partition coefficient (Wildman–Crippen LogP) is 4.50. The van der Waals surface area contributed by atoms with Gasteiger partial charge in [-0.25, -0.2) is 0 Å². The number of benzene rings is 1. The summed E-state index contributed by atoms with van der Waals surface area (Å²) in [5.74, 6) is 1.87. The van der Waals surface area contributed by atoms with Gasteiger partial charge >= 0.3 is 0 Å². The molecule has 2 aliphatic rings. The second kappa shape index (κ2) is 5.73. The van der Waals surface area contributed by atoms with Crippen LogP contribution < -0.4 is 0 Å². The van der Waals surface area contributed by atoms with Crippen LogP contribution in [0.15, 0.2) is 42.5 Å². The second-order valence-corrected chi connectivity index (χ2v) is 5.98. The smallest absolute Gasteiger partial charge is 0.136 e. The monoisotopic (exact) mass is 254 g/mol. The molecule has 0 saturated heterocycles. The molecule has 2 aliphatic carbocycles. The molecule has 0 bridgehead atoms. The molecule has 0 spiro atoms. The maximum Gasteiger partial charge on any atom is 0.136 e. The zero-order valence-corrected chi connectivity index (χ0v) is 11.4. The van der Waals surface area contributed by atoms with Crippen molar-refractivity contribution >= 4 is 5.78 Å². The van der Waals surface area contributed by atoms with Gasteiger partial charge in [-0.1, -0.05) is 42.5 Å². The zero-order chi connectivity index (χ0) is 13.1. The van der Waals surface area contributed by atoms with Crippen LogP contribution in [0.25, 0.3) is 0 Å². The summed E-state index contributed by atoms with van der Waals surface area (Å²) in [6, 6.07) is 10.7. The molecule has 100 valence electrons. The van der Waals surface area contributed by atoms with Gasteiger partial charge in [-0.2, -0.15) is 0 Å². The van der Waals surface area contributed by atoms with E-state index >= 15 is 0 Å². The van der Waals surface area contributed by atoms with E-state index in [1.807, 2.05) is 0 Å². The zero-order valence-electron chi connectivity index (χ0n) is 11.4. The molecule has 1 heteroatoms. The first-order valence-corrected chi connectivity index (χ1v) is 7.59. The van der Waals surface area contributed by atoms with Crippen molar-refractivity contribution in [3.63, 3.8) is 0 Å². The van der Waals surface area contributed by atoms with E-state index in [-0.39, 0.29) is 5.92 Å². The standard InChI is InChI=1S/C18H22O/c19-18-12-11-16(14-7-3-1-4-8-14)13-17(18)15-9-5-2-6-10-15/h1,3-5,7-9,15-17H,2,6,10-13H2. The van der Waals surface area contributed by atoms with E-state index < -0.39 is 0 Å². The summed E-state index contributed by atoms with van der Waals surface area (Å²) in [6.45, 7) is 0. The van der Waals surface area contributed by atoms with Crippen molar-refractivity contribution in [1.29, 1.82) is 0 Å². The molecule has 1 fully saturated rings. The van der Waals surface area contributed by atoms with Crippen LogP contribution in [-0.2, 0) is 4.79 Å². The molecule has 0 N–H and O–H groups in total. The quantitative estimate of drug-likeness (QED) is 0.710. The lowest BCUT2D eigenvalue weighted by Gasteiger charge is -2.33. The highest BCUT2D eigenvalue weighted by Crippen LogP contribution is 2.40. The molecule has 0 aliphatic heterocycles. The van der Waals surface area contributed by atoms with Crippen LogP contribution in [0.2, 0.25) is 0 Å². The van der Waals surface area contributed by atoms with Crippen molar-refractivity contribution in [2.75, 3.05) is 0 Å². The first kappa shape index (κ1) is 12.7. The van der Waals surface area contributed by atoms with Gasteiger partial charge in [-0.3, -0.25) is 4.79 Å². The minimum atomic E-state index is 0.274. The number of allylic oxidation sites excluding steroid dienone is 2. The summed E-state index contributed by atoms with van der Waals surface area (Å²) < 4.78 is 0. The third-order valence-electron chi connectivity index (χ3n) is 4.77. The fourth-order valence-corrected chi connectivity index (χ4v) is 3.67. The molecule has 1 nitrogen and oxygen atoms in total. The van der Waals surface area contributed by atoms with Crippen LogP contribution in [0.1, 0.15) is 50.0 Å². The van der Waals surface area contributed by atoms with Crippen LogP contribution in [0.3, 0.4) is 0 Å². The minimum absolute atomic E-state index is 0.274. The summed E-state index contributed by atoms with van der Waals surface area (Å²) in [5.41, 5.74) is 1.42. The first-order valence-electron chi connectivity index (χ1n) is 7.59. The predicted molar refractivity (Wildman–Crippen MR) is 78.0 cm³/mol. The van der Waals surface area contributed by atoms with E-state index in [0.29, 0.717) is 17.6 Å². The first-order chi connectivity index (χ1) is 9.34. The third kappa shape index (κ3) is 2.80. The molecule has 0 radical (unpaired) electrons. The van der Waals surface area contributed by atoms with E-state index in [9.17, 15) is 4.79 Å². The number of hydrogen-bond acceptors (Lipinski definition) is 1. The van der Waals surface area contributed by atoms with E-state index in [1.54, 1.807) is 0 Å². The van der Waals surface area contributed by atoms with Crippen LogP contribution >= 0.6 is 0 Å². The molecule has 1 aromatic carbocycles. The molecule has 3 unspecified atom stereocenters. The van der Waals surface area contributed by atoms with Gasteiger partial charge < -0.3 is 0 Å². The Labute approximate surface area is 115 Å². The van der Waals surface area contributed by atoms with E-state index in [2.05, 4.69) is 42.5 Å². The third-order valence-corrected chi connectivity index (χ3v) is 4.77. The van der Waals surface area contributed by atoms with Crippen molar-refractivity contribution < 1.29 is 4.79 Å². The highest BCUT2D eigenvalue weighted by atomic mass is 16.1. The van der Waals surface area contributed by atoms with Crippen molar-refractivity contribution in [3.8, 4) is 0 Å². The summed E-state index contributed by atoms with van der Waals surface area (Å²) in [4.78, 5) is 12.2. The largest absolute Gasteiger partial charge is 0.299 e. The topological polar surface area (TPSA) is 17.1 Å². The Balaban J connectivity index is 1.75. The normalized spacial score (nSPS) is 31.4. The Morgan fingerprint density at radius 1 is 1.05 bits per heavy atom. The van der Waals surface area contributed by atoms with Crippen molar-refractivity contribution in [2.24, 2.45) is 11.8 Å². The van der Waals surface area contributed by atoms with Crippen molar-refractivity contribution in [2.45, 2.75) is 44.4 Å². The maximum atomic E-state index is 12.2. The molecule has 0 amide bonds. The highest BCUT2D eigenvalue weighted by molar-refractivity contribution is 5.82. The van der Waals surface area contributed by atoms with E-state index in [0.717, 1.165) is 19.3 Å². The fourth-order valence-electron chi connectivity index (χ4n) is 3.67.